The number of amides is 1. The molecule has 1 aliphatic heterocycles. The lowest BCUT2D eigenvalue weighted by molar-refractivity contribution is -0.991. The fourth-order valence-electron chi connectivity index (χ4n) is 3.72. The number of aliphatic hydroxyl groups is 1. The summed E-state index contributed by atoms with van der Waals surface area (Å²) in [5.41, 5.74) is 2.43. The molecule has 1 fully saturated rings. The number of aliphatic hydroxyl groups excluding tert-OH is 1. The Morgan fingerprint density at radius 3 is 2.81 bits per heavy atom. The first kappa shape index (κ1) is 21.1. The third-order valence-corrected chi connectivity index (χ3v) is 5.14. The van der Waals surface area contributed by atoms with Gasteiger partial charge in [0.15, 0.2) is 5.69 Å². The van der Waals surface area contributed by atoms with Crippen LogP contribution in [-0.4, -0.2) is 43.9 Å². The summed E-state index contributed by atoms with van der Waals surface area (Å²) in [6.07, 6.45) is -0.0600. The Morgan fingerprint density at radius 1 is 1.32 bits per heavy atom. The third kappa shape index (κ3) is 4.95. The summed E-state index contributed by atoms with van der Waals surface area (Å²) in [5.74, 6) is 0.554. The van der Waals surface area contributed by atoms with E-state index in [0.717, 1.165) is 11.3 Å². The predicted octanol–water partition coefficient (Wildman–Crippen LogP) is 1.41. The first-order chi connectivity index (χ1) is 14.9. The highest BCUT2D eigenvalue weighted by Crippen LogP contribution is 2.33. The van der Waals surface area contributed by atoms with E-state index in [9.17, 15) is 20.3 Å². The number of β-amino-alcohol motifs (C(OH)–C–C–N with tert-alkyl or cyclic N) is 1. The molecular weight excluding hydrogens is 402 g/mol. The van der Waals surface area contributed by atoms with Crippen molar-refractivity contribution in [1.82, 2.24) is 15.0 Å². The van der Waals surface area contributed by atoms with Crippen molar-refractivity contribution in [3.05, 3.63) is 65.2 Å². The molecule has 0 aliphatic carbocycles. The van der Waals surface area contributed by atoms with E-state index in [4.69, 9.17) is 4.52 Å². The number of hydrogen-bond acceptors (Lipinski definition) is 8. The Labute approximate surface area is 178 Å². The molecule has 2 heterocycles. The zero-order valence-electron chi connectivity index (χ0n) is 16.9. The van der Waals surface area contributed by atoms with Crippen LogP contribution in [0, 0.1) is 5.21 Å². The van der Waals surface area contributed by atoms with Crippen LogP contribution in [0.2, 0.25) is 0 Å². The molecule has 0 bridgehead atoms. The summed E-state index contributed by atoms with van der Waals surface area (Å²) in [6, 6.07) is 13.6. The van der Waals surface area contributed by atoms with Gasteiger partial charge < -0.3 is 20.2 Å². The number of aromatic nitrogens is 2. The Kier molecular flexibility index (Phi) is 6.07. The van der Waals surface area contributed by atoms with Crippen LogP contribution in [0.15, 0.2) is 53.1 Å². The maximum Gasteiger partial charge on any atom is 0.244 e. The second kappa shape index (κ2) is 8.92. The summed E-state index contributed by atoms with van der Waals surface area (Å²) in [5, 5.41) is 36.3. The summed E-state index contributed by atoms with van der Waals surface area (Å²) in [6.45, 7) is 2.49. The van der Waals surface area contributed by atoms with Gasteiger partial charge in [-0.25, -0.2) is 5.21 Å². The van der Waals surface area contributed by atoms with Gasteiger partial charge in [-0.2, -0.15) is 10.2 Å². The number of nitrogens with zero attached hydrogens (tertiary/aromatic N) is 3. The molecule has 1 saturated heterocycles. The summed E-state index contributed by atoms with van der Waals surface area (Å²) < 4.78 is 5.47. The van der Waals surface area contributed by atoms with E-state index in [0.29, 0.717) is 36.8 Å². The quantitative estimate of drug-likeness (QED) is 0.435. The van der Waals surface area contributed by atoms with Crippen molar-refractivity contribution in [3.8, 4) is 11.4 Å². The van der Waals surface area contributed by atoms with Crippen LogP contribution >= 0.6 is 0 Å². The van der Waals surface area contributed by atoms with Gasteiger partial charge in [-0.05, 0) is 24.1 Å². The van der Waals surface area contributed by atoms with E-state index in [2.05, 4.69) is 20.4 Å². The van der Waals surface area contributed by atoms with Crippen molar-refractivity contribution in [2.45, 2.75) is 32.0 Å². The number of likely N-dealkylation sites (tertiary alicyclic amines) is 1. The van der Waals surface area contributed by atoms with Gasteiger partial charge in [0.05, 0.1) is 12.1 Å². The lowest BCUT2D eigenvalue weighted by Crippen LogP contribution is -2.99. The molecule has 1 aliphatic rings. The molecule has 10 heteroatoms. The van der Waals surface area contributed by atoms with Crippen LogP contribution < -0.4 is 10.5 Å². The van der Waals surface area contributed by atoms with Gasteiger partial charge in [-0.1, -0.05) is 29.4 Å². The average Bonchev–Trinajstić information content (AvgIpc) is 3.36. The van der Waals surface area contributed by atoms with Crippen LogP contribution in [0.25, 0.3) is 11.4 Å². The van der Waals surface area contributed by atoms with E-state index in [1.807, 2.05) is 24.3 Å². The molecule has 0 spiro atoms. The van der Waals surface area contributed by atoms with Crippen LogP contribution in [0.5, 0.6) is 0 Å². The Morgan fingerprint density at radius 2 is 2.10 bits per heavy atom. The van der Waals surface area contributed by atoms with Gasteiger partial charge in [0.25, 0.3) is 0 Å². The number of rotatable bonds is 6. The minimum Gasteiger partial charge on any atom is -0.595 e. The molecule has 1 amide bonds. The highest BCUT2D eigenvalue weighted by Gasteiger charge is 2.36. The smallest absolute Gasteiger partial charge is 0.244 e. The van der Waals surface area contributed by atoms with Gasteiger partial charge in [-0.15, -0.1) is 0 Å². The van der Waals surface area contributed by atoms with E-state index in [1.54, 1.807) is 12.1 Å². The van der Waals surface area contributed by atoms with Gasteiger partial charge in [0, 0.05) is 43.4 Å². The van der Waals surface area contributed by atoms with Crippen molar-refractivity contribution in [2.75, 3.05) is 11.9 Å². The molecule has 3 atom stereocenters. The maximum absolute atomic E-state index is 11.2. The molecule has 0 radical (unpaired) electrons. The molecule has 1 unspecified atom stereocenters. The van der Waals surface area contributed by atoms with Crippen LogP contribution in [0.4, 0.5) is 11.4 Å². The second-order valence-electron chi connectivity index (χ2n) is 7.56. The van der Waals surface area contributed by atoms with Gasteiger partial charge in [0.1, 0.15) is 0 Å². The first-order valence-corrected chi connectivity index (χ1v) is 9.85. The van der Waals surface area contributed by atoms with Crippen molar-refractivity contribution in [1.29, 1.82) is 0 Å². The van der Waals surface area contributed by atoms with Gasteiger partial charge >= 0.3 is 0 Å². The Balaban J connectivity index is 1.51. The van der Waals surface area contributed by atoms with E-state index >= 15 is 0 Å². The molecule has 3 aromatic rings. The number of carbonyl (C=O) groups excluding carboxylic acids is 1. The lowest BCUT2D eigenvalue weighted by atomic mass is 10.1. The Hall–Kier alpha value is -3.15. The van der Waals surface area contributed by atoms with Crippen LogP contribution in [-0.2, 0) is 11.3 Å². The minimum atomic E-state index is -1.03. The SMILES string of the molecule is CC(=O)Nc1ccc(CN2C[C@H](O)C[C@H]2c2nc(-c3cccc([NH+]([O-])O)c3)no2)cc1. The van der Waals surface area contributed by atoms with Gasteiger partial charge in [0.2, 0.25) is 17.6 Å². The van der Waals surface area contributed by atoms with Crippen molar-refractivity contribution in [2.24, 2.45) is 0 Å². The second-order valence-corrected chi connectivity index (χ2v) is 7.56. The number of hydrogen-bond donors (Lipinski definition) is 4. The van der Waals surface area contributed by atoms with Crippen LogP contribution in [0.3, 0.4) is 0 Å². The summed E-state index contributed by atoms with van der Waals surface area (Å²) >= 11 is 0. The topological polar surface area (TPSA) is 139 Å². The molecule has 1 aromatic heterocycles. The Bertz CT molecular complexity index is 1050. The maximum atomic E-state index is 11.2. The van der Waals surface area contributed by atoms with E-state index in [-0.39, 0.29) is 17.6 Å². The van der Waals surface area contributed by atoms with E-state index < -0.39 is 11.3 Å². The zero-order chi connectivity index (χ0) is 22.0. The van der Waals surface area contributed by atoms with Crippen molar-refractivity contribution >= 4 is 17.3 Å². The highest BCUT2D eigenvalue weighted by molar-refractivity contribution is 5.88. The first-order valence-electron chi connectivity index (χ1n) is 9.85. The number of carbonyl (C=O) groups is 1. The molecule has 162 valence electrons. The largest absolute Gasteiger partial charge is 0.595 e. The molecule has 4 N–H and O–H groups in total. The van der Waals surface area contributed by atoms with Crippen molar-refractivity contribution < 1.29 is 24.9 Å². The summed E-state index contributed by atoms with van der Waals surface area (Å²) in [7, 11) is 0. The fourth-order valence-corrected chi connectivity index (χ4v) is 3.72. The van der Waals surface area contributed by atoms with Crippen molar-refractivity contribution in [3.63, 3.8) is 0 Å². The predicted molar refractivity (Wildman–Crippen MR) is 110 cm³/mol. The standard InChI is InChI=1S/C21H23N5O5/c1-13(27)22-16-7-5-14(6-8-16)11-25-12-18(28)10-19(25)21-23-20(24-31-21)15-3-2-4-17(9-15)26(29)30/h2-9,18-19,26,28-29H,10-12H2,1H3,(H,22,27)/t18-,19+/m1/s1. The zero-order valence-corrected chi connectivity index (χ0v) is 16.9. The molecule has 2 aromatic carbocycles. The average molecular weight is 425 g/mol. The molecule has 4 rings (SSSR count). The number of anilines is 1. The number of quaternary nitrogens is 1. The monoisotopic (exact) mass is 425 g/mol. The van der Waals surface area contributed by atoms with Gasteiger partial charge in [-0.3, -0.25) is 9.69 Å². The van der Waals surface area contributed by atoms with E-state index in [1.165, 1.54) is 19.1 Å². The number of benzene rings is 2. The lowest BCUT2D eigenvalue weighted by Gasteiger charge is -2.21. The molecule has 31 heavy (non-hydrogen) atoms. The summed E-state index contributed by atoms with van der Waals surface area (Å²) in [4.78, 5) is 17.7. The minimum absolute atomic E-state index is 0.128. The normalized spacial score (nSPS) is 20.0. The molecule has 10 nitrogen and oxygen atoms in total. The molecule has 0 saturated carbocycles. The third-order valence-electron chi connectivity index (χ3n) is 5.14. The van der Waals surface area contributed by atoms with Crippen LogP contribution in [0.1, 0.15) is 30.8 Å². The molecular formula is C21H23N5O5. The number of nitrogens with one attached hydrogen (secondary N) is 2. The fraction of sp³-hybridized carbons (Fsp3) is 0.286. The highest BCUT2D eigenvalue weighted by atomic mass is 16.8.